The second-order valence-electron chi connectivity index (χ2n) is 34.7. The van der Waals surface area contributed by atoms with Crippen LogP contribution < -0.4 is 46.0 Å². The summed E-state index contributed by atoms with van der Waals surface area (Å²) in [5.41, 5.74) is 11.6. The van der Waals surface area contributed by atoms with Crippen LogP contribution in [0.5, 0.6) is 17.2 Å². The van der Waals surface area contributed by atoms with Crippen molar-refractivity contribution in [3.8, 4) is 68.1 Å². The lowest BCUT2D eigenvalue weighted by Crippen LogP contribution is -2.56. The summed E-state index contributed by atoms with van der Waals surface area (Å²) in [5.74, 6) is -1.57. The third kappa shape index (κ3) is 14.2. The van der Waals surface area contributed by atoms with Crippen LogP contribution >= 0.6 is 0 Å². The van der Waals surface area contributed by atoms with Gasteiger partial charge >= 0.3 is 17.1 Å². The topological polar surface area (TPSA) is 341 Å². The van der Waals surface area contributed by atoms with E-state index in [9.17, 15) is 28.8 Å². The molecule has 0 saturated carbocycles. The van der Waals surface area contributed by atoms with E-state index in [1.807, 2.05) is 162 Å². The van der Waals surface area contributed by atoms with Crippen molar-refractivity contribution in [3.63, 3.8) is 0 Å². The molecule has 3 saturated heterocycles. The monoisotopic (exact) mass is 1770 g/mol. The van der Waals surface area contributed by atoms with E-state index in [-0.39, 0.29) is 131 Å². The van der Waals surface area contributed by atoms with E-state index in [2.05, 4.69) is 84.1 Å². The van der Waals surface area contributed by atoms with E-state index in [0.29, 0.717) is 142 Å². The smallest absolute Gasteiger partial charge is 0.355 e. The van der Waals surface area contributed by atoms with Gasteiger partial charge in [-0.1, -0.05) is 116 Å². The largest absolute Gasteiger partial charge is 0.487 e. The van der Waals surface area contributed by atoms with Gasteiger partial charge in [0.15, 0.2) is 51.6 Å². The molecule has 3 N–H and O–H groups in total. The highest BCUT2D eigenvalue weighted by Gasteiger charge is 2.43. The molecule has 3 amide bonds. The van der Waals surface area contributed by atoms with Crippen molar-refractivity contribution in [1.82, 2.24) is 93.9 Å². The second-order valence-corrected chi connectivity index (χ2v) is 34.7. The number of anilines is 3. The fourth-order valence-electron chi connectivity index (χ4n) is 19.3. The number of H-pyrrole nitrogens is 3. The number of aryl methyl sites for hydroxylation is 5. The van der Waals surface area contributed by atoms with Crippen LogP contribution in [-0.4, -0.2) is 208 Å². The van der Waals surface area contributed by atoms with Gasteiger partial charge in [-0.25, -0.2) is 56.2 Å². The summed E-state index contributed by atoms with van der Waals surface area (Å²) in [4.78, 5) is 124. The standard InChI is InChI=1S/C33H32FN7O3.C32H31FN8O3.C32H30FN7O3/c1-6-24(42)39-12-13-40-20(15-39)16-44-30-26-31(40)37-33(43)41(29-19(5)8-7-9-21(29)17(2)3)32(26)36-28(27(30)34)25-18(4)10-11-23-22(25)14-35-38-23;1-6-22(42)39-11-12-40-19(14-39)15-44-29-24-30(40)37-32(43)41(28-18(5)9-10-34-26(28)16(2)3)31(24)36-27(25(29)33)23-17(4)7-8-21-20(23)13-35-38-21;1-5-24(41)38-12-13-39-19(15-38)16-43-29-26-30(39)36-32(42)40(23-9-7-6-8-20(23)17(2)3)31(26)35-28(27(29)33)25-18(4)10-11-22-21(25)14-34-37-22/h6-11,14,17,20H,1,12-13,15-16H2,2-5H3,(H,35,38);6-10,13,16,19H,1,11-12,14-15H2,2-5H3,(H,35,38);5-11,14,17,19H,1,12-13,15-16H2,2-4H3,(H,34,37). The molecule has 0 bridgehead atoms. The number of carbonyl (C=O) groups is 3. The number of hydrogen-bond donors (Lipinski definition) is 3. The predicted molar refractivity (Wildman–Crippen MR) is 495 cm³/mol. The Hall–Kier alpha value is -15.3. The van der Waals surface area contributed by atoms with Gasteiger partial charge in [0, 0.05) is 97.9 Å². The zero-order chi connectivity index (χ0) is 91.7. The first kappa shape index (κ1) is 85.2. The second kappa shape index (κ2) is 33.4. The lowest BCUT2D eigenvalue weighted by Gasteiger charge is -2.40. The number of hydrogen-bond acceptors (Lipinski definition) is 22. The maximum absolute atomic E-state index is 16.9. The van der Waals surface area contributed by atoms with Crippen molar-refractivity contribution in [2.24, 2.45) is 0 Å². The molecule has 5 aromatic carbocycles. The van der Waals surface area contributed by atoms with E-state index >= 15 is 13.2 Å². The molecule has 3 unspecified atom stereocenters. The number of ether oxygens (including phenoxy) is 3. The molecule has 10 aromatic heterocycles. The SMILES string of the molecule is C=CC(=O)N1CCN2c3nc(=O)n(-c4c(C)cccc4C(C)C)c4nc(-c5c(C)ccc6[nH]ncc56)c(F)c(c34)OCC2C1.C=CC(=O)N1CCN2c3nc(=O)n(-c4c(C)ccnc4C(C)C)c4nc(-c5c(C)ccc6[nH]ncc56)c(F)c(c34)OCC2C1.C=CC(=O)N1CCN2c3nc(=O)n(-c4ccccc4C(C)C)c4nc(-c5c(C)ccc6[nH]ncc56)c(F)c(c34)OCC2C1. The van der Waals surface area contributed by atoms with Crippen molar-refractivity contribution < 1.29 is 41.8 Å². The summed E-state index contributed by atoms with van der Waals surface area (Å²) in [6.45, 7) is 36.0. The molecular formula is C97H93F3N22O9. The van der Waals surface area contributed by atoms with Crippen LogP contribution in [0.1, 0.15) is 104 Å². The third-order valence-corrected chi connectivity index (χ3v) is 25.7. The van der Waals surface area contributed by atoms with E-state index in [0.717, 1.165) is 55.5 Å². The number of benzene rings is 5. The Bertz CT molecular complexity index is 7240. The fourth-order valence-corrected chi connectivity index (χ4v) is 19.3. The minimum absolute atomic E-state index is 0.0168. The molecule has 21 rings (SSSR count). The molecule has 0 aliphatic carbocycles. The van der Waals surface area contributed by atoms with E-state index < -0.39 is 34.5 Å². The lowest BCUT2D eigenvalue weighted by molar-refractivity contribution is -0.127. The van der Waals surface area contributed by atoms with Crippen LogP contribution in [-0.2, 0) is 14.4 Å². The molecule has 6 aliphatic heterocycles. The number of aromatic amines is 3. The quantitative estimate of drug-likeness (QED) is 0.0956. The minimum atomic E-state index is -0.659. The van der Waals surface area contributed by atoms with E-state index in [4.69, 9.17) is 29.2 Å². The first-order chi connectivity index (χ1) is 63.2. The Morgan fingerprint density at radius 3 is 1.16 bits per heavy atom. The molecule has 31 nitrogen and oxygen atoms in total. The highest BCUT2D eigenvalue weighted by molar-refractivity contribution is 6.05. The van der Waals surface area contributed by atoms with Crippen molar-refractivity contribution in [1.29, 1.82) is 0 Å². The Labute approximate surface area is 747 Å². The molecule has 16 heterocycles. The van der Waals surface area contributed by atoms with Gasteiger partial charge in [-0.2, -0.15) is 30.2 Å². The van der Waals surface area contributed by atoms with Crippen LogP contribution in [0.3, 0.4) is 0 Å². The number of amides is 3. The molecule has 15 aromatic rings. The first-order valence-corrected chi connectivity index (χ1v) is 43.5. The van der Waals surface area contributed by atoms with Gasteiger partial charge < -0.3 is 43.6 Å². The Morgan fingerprint density at radius 1 is 0.420 bits per heavy atom. The van der Waals surface area contributed by atoms with Gasteiger partial charge in [0.1, 0.15) is 70.5 Å². The van der Waals surface area contributed by atoms with Crippen LogP contribution in [0, 0.1) is 52.1 Å². The molecular weight excluding hydrogens is 1670 g/mol. The summed E-state index contributed by atoms with van der Waals surface area (Å²) < 4.78 is 74.0. The van der Waals surface area contributed by atoms with Crippen molar-refractivity contribution in [3.05, 3.63) is 241 Å². The first-order valence-electron chi connectivity index (χ1n) is 43.5. The highest BCUT2D eigenvalue weighted by Crippen LogP contribution is 2.49. The Kier molecular flexibility index (Phi) is 21.7. The fraction of sp³-hybridized carbons (Fsp3) is 0.299. The normalized spacial score (nSPS) is 16.3. The molecule has 0 spiro atoms. The summed E-state index contributed by atoms with van der Waals surface area (Å²) in [7, 11) is 0. The number of nitrogens with zero attached hydrogens (tertiary/aromatic N) is 19. The number of carbonyl (C=O) groups excluding carboxylic acids is 3. The molecule has 3 atom stereocenters. The van der Waals surface area contributed by atoms with Gasteiger partial charge in [0.25, 0.3) is 0 Å². The van der Waals surface area contributed by atoms with Crippen molar-refractivity contribution >= 4 is 101 Å². The van der Waals surface area contributed by atoms with Crippen molar-refractivity contribution in [2.75, 3.05) is 93.4 Å². The molecule has 34 heteroatoms. The van der Waals surface area contributed by atoms with Crippen LogP contribution in [0.2, 0.25) is 0 Å². The number of para-hydroxylation sites is 2. The van der Waals surface area contributed by atoms with Gasteiger partial charge in [-0.3, -0.25) is 34.7 Å². The number of halogens is 3. The number of nitrogens with one attached hydrogen (secondary N) is 3. The zero-order valence-corrected chi connectivity index (χ0v) is 74.0. The molecule has 131 heavy (non-hydrogen) atoms. The summed E-state index contributed by atoms with van der Waals surface area (Å²) in [5, 5.41) is 24.4. The molecule has 666 valence electrons. The van der Waals surface area contributed by atoms with Gasteiger partial charge in [-0.15, -0.1) is 0 Å². The van der Waals surface area contributed by atoms with Crippen LogP contribution in [0.4, 0.5) is 30.6 Å². The number of aromatic nitrogens is 16. The summed E-state index contributed by atoms with van der Waals surface area (Å²) in [6.07, 6.45) is 10.5. The number of fused-ring (bicyclic) bond motifs is 9. The average molecular weight is 1770 g/mol. The third-order valence-electron chi connectivity index (χ3n) is 25.7. The zero-order valence-electron chi connectivity index (χ0n) is 74.0. The van der Waals surface area contributed by atoms with Gasteiger partial charge in [0.05, 0.1) is 76.0 Å². The van der Waals surface area contributed by atoms with Crippen LogP contribution in [0.15, 0.2) is 162 Å². The van der Waals surface area contributed by atoms with Gasteiger partial charge in [0.2, 0.25) is 17.7 Å². The average Bonchev–Trinajstić information content (AvgIpc) is 1.71. The maximum atomic E-state index is 16.9. The summed E-state index contributed by atoms with van der Waals surface area (Å²) >= 11 is 0. The lowest BCUT2D eigenvalue weighted by atomic mass is 9.97. The summed E-state index contributed by atoms with van der Waals surface area (Å²) in [6, 6.07) is 25.5. The van der Waals surface area contributed by atoms with Crippen molar-refractivity contribution in [2.45, 2.75) is 112 Å². The molecule has 0 radical (unpaired) electrons. The molecule has 3 fully saturated rings. The van der Waals surface area contributed by atoms with E-state index in [1.54, 1.807) is 39.5 Å². The Morgan fingerprint density at radius 2 is 0.779 bits per heavy atom. The number of rotatable bonds is 12. The highest BCUT2D eigenvalue weighted by atomic mass is 19.1. The van der Waals surface area contributed by atoms with Crippen LogP contribution in [0.25, 0.3) is 117 Å². The predicted octanol–water partition coefficient (Wildman–Crippen LogP) is 13.5. The Balaban J connectivity index is 0.000000127. The number of pyridine rings is 4. The maximum Gasteiger partial charge on any atom is 0.355 e. The molecule has 6 aliphatic rings. The van der Waals surface area contributed by atoms with Gasteiger partial charge in [-0.05, 0) is 140 Å². The minimum Gasteiger partial charge on any atom is -0.487 e. The number of piperazine rings is 3. The van der Waals surface area contributed by atoms with E-state index in [1.165, 1.54) is 31.9 Å².